The van der Waals surface area contributed by atoms with E-state index in [1.54, 1.807) is 0 Å². The average Bonchev–Trinajstić information content (AvgIpc) is 3.28. The van der Waals surface area contributed by atoms with E-state index in [-0.39, 0.29) is 18.7 Å². The van der Waals surface area contributed by atoms with Crippen LogP contribution in [0.5, 0.6) is 0 Å². The first-order valence-electron chi connectivity index (χ1n) is 11.1. The summed E-state index contributed by atoms with van der Waals surface area (Å²) < 4.78 is 48.7. The minimum Gasteiger partial charge on any atom is -0.376 e. The van der Waals surface area contributed by atoms with Gasteiger partial charge in [-0.15, -0.1) is 0 Å². The van der Waals surface area contributed by atoms with E-state index in [1.807, 2.05) is 5.32 Å². The van der Waals surface area contributed by atoms with Gasteiger partial charge in [-0.2, -0.15) is 13.2 Å². The van der Waals surface area contributed by atoms with Crippen LogP contribution in [0.2, 0.25) is 0 Å². The number of Topliss-reactive ketones (excluding diaryl/α,β-unsaturated/α-hetero) is 1. The lowest BCUT2D eigenvalue weighted by Crippen LogP contribution is -2.66. The number of nitrogens with one attached hydrogen (secondary N) is 1. The monoisotopic (exact) mass is 444 g/mol. The summed E-state index contributed by atoms with van der Waals surface area (Å²) in [7, 11) is 0. The smallest absolute Gasteiger partial charge is 0.376 e. The van der Waals surface area contributed by atoms with E-state index < -0.39 is 41.0 Å². The molecule has 31 heavy (non-hydrogen) atoms. The molecule has 0 unspecified atom stereocenters. The molecule has 3 aliphatic rings. The van der Waals surface area contributed by atoms with Gasteiger partial charge >= 0.3 is 6.18 Å². The molecule has 2 heterocycles. The molecule has 1 saturated carbocycles. The topological polar surface area (TPSA) is 75.7 Å². The van der Waals surface area contributed by atoms with Gasteiger partial charge in [0.2, 0.25) is 11.4 Å². The van der Waals surface area contributed by atoms with Crippen molar-refractivity contribution in [1.82, 2.24) is 10.2 Å². The van der Waals surface area contributed by atoms with Gasteiger partial charge in [0.05, 0.1) is 18.2 Å². The maximum absolute atomic E-state index is 14.4. The molecule has 0 spiro atoms. The summed E-state index contributed by atoms with van der Waals surface area (Å²) in [5.41, 5.74) is -4.11. The minimum atomic E-state index is -5.15. The number of rotatable bonds is 7. The molecule has 0 radical (unpaired) electrons. The van der Waals surface area contributed by atoms with Crippen molar-refractivity contribution in [3.8, 4) is 0 Å². The van der Waals surface area contributed by atoms with Crippen molar-refractivity contribution < 1.29 is 32.3 Å². The fourth-order valence-corrected chi connectivity index (χ4v) is 5.13. The molecule has 2 aliphatic heterocycles. The second kappa shape index (κ2) is 9.30. The van der Waals surface area contributed by atoms with Crippen LogP contribution in [0, 0.1) is 5.92 Å². The highest BCUT2D eigenvalue weighted by Crippen LogP contribution is 2.45. The van der Waals surface area contributed by atoms with Crippen molar-refractivity contribution >= 4 is 17.6 Å². The van der Waals surface area contributed by atoms with Crippen molar-refractivity contribution in [3.05, 3.63) is 11.3 Å². The zero-order valence-electron chi connectivity index (χ0n) is 18.1. The average molecular weight is 444 g/mol. The van der Waals surface area contributed by atoms with Crippen LogP contribution in [0.25, 0.3) is 0 Å². The lowest BCUT2D eigenvalue weighted by atomic mass is 9.85. The lowest BCUT2D eigenvalue weighted by molar-refractivity contribution is -0.195. The van der Waals surface area contributed by atoms with E-state index in [0.717, 1.165) is 50.3 Å². The van der Waals surface area contributed by atoms with Gasteiger partial charge in [0.25, 0.3) is 5.91 Å². The van der Waals surface area contributed by atoms with Crippen molar-refractivity contribution in [1.29, 1.82) is 0 Å². The second-order valence-corrected chi connectivity index (χ2v) is 8.91. The molecule has 174 valence electrons. The Labute approximate surface area is 180 Å². The van der Waals surface area contributed by atoms with Crippen molar-refractivity contribution in [2.24, 2.45) is 5.92 Å². The van der Waals surface area contributed by atoms with Gasteiger partial charge in [-0.05, 0) is 39.0 Å². The van der Waals surface area contributed by atoms with Gasteiger partial charge in [0.1, 0.15) is 0 Å². The first-order chi connectivity index (χ1) is 14.6. The predicted octanol–water partition coefficient (Wildman–Crippen LogP) is 3.65. The number of carbonyl (C=O) groups excluding carboxylic acids is 3. The molecule has 6 nitrogen and oxygen atoms in total. The molecule has 0 aromatic heterocycles. The summed E-state index contributed by atoms with van der Waals surface area (Å²) in [6.07, 6.45) is 1.40. The molecule has 0 bridgehead atoms. The number of hydrogen-bond acceptors (Lipinski definition) is 4. The third-order valence-corrected chi connectivity index (χ3v) is 6.73. The van der Waals surface area contributed by atoms with Crippen molar-refractivity contribution in [2.45, 2.75) is 89.5 Å². The second-order valence-electron chi connectivity index (χ2n) is 8.91. The number of halogens is 3. The highest BCUT2D eigenvalue weighted by atomic mass is 19.4. The zero-order chi connectivity index (χ0) is 22.8. The van der Waals surface area contributed by atoms with Crippen LogP contribution >= 0.6 is 0 Å². The molecular formula is C22H31F3N2O4. The van der Waals surface area contributed by atoms with Crippen LogP contribution in [0.1, 0.15) is 71.6 Å². The Balaban J connectivity index is 1.85. The predicted molar refractivity (Wildman–Crippen MR) is 107 cm³/mol. The number of ketones is 1. The molecule has 3 rings (SSSR count). The number of ether oxygens (including phenoxy) is 1. The number of carbonyl (C=O) groups is 3. The standard InChI is InChI=1S/C22H31F3N2O4/c1-14-19(15(2)28)21(22(23,24)25,20(30)27(14)13-17-9-6-12-31-17)26-18(29)11-10-16-7-4-3-5-8-16/h16-17H,3-13H2,1-2H3,(H,26,29)/t17-,21-/m1/s1. The molecule has 1 saturated heterocycles. The Morgan fingerprint density at radius 1 is 1.16 bits per heavy atom. The van der Waals surface area contributed by atoms with E-state index >= 15 is 0 Å². The zero-order valence-corrected chi connectivity index (χ0v) is 18.1. The summed E-state index contributed by atoms with van der Waals surface area (Å²) >= 11 is 0. The summed E-state index contributed by atoms with van der Waals surface area (Å²) in [5.74, 6) is -2.77. The summed E-state index contributed by atoms with van der Waals surface area (Å²) in [5, 5.41) is 1.96. The van der Waals surface area contributed by atoms with Crippen LogP contribution in [-0.4, -0.2) is 53.5 Å². The molecule has 2 fully saturated rings. The Morgan fingerprint density at radius 3 is 2.39 bits per heavy atom. The Hall–Kier alpha value is -1.90. The highest BCUT2D eigenvalue weighted by Gasteiger charge is 2.69. The Kier molecular flexibility index (Phi) is 7.13. The van der Waals surface area contributed by atoms with Crippen LogP contribution in [-0.2, 0) is 19.1 Å². The molecule has 2 atom stereocenters. The molecule has 2 amide bonds. The van der Waals surface area contributed by atoms with Crippen LogP contribution in [0.3, 0.4) is 0 Å². The van der Waals surface area contributed by atoms with Gasteiger partial charge in [0, 0.05) is 18.7 Å². The molecule has 0 aromatic carbocycles. The third-order valence-electron chi connectivity index (χ3n) is 6.73. The number of nitrogens with zero attached hydrogens (tertiary/aromatic N) is 1. The van der Waals surface area contributed by atoms with Gasteiger partial charge in [-0.3, -0.25) is 14.4 Å². The number of alkyl halides is 3. The van der Waals surface area contributed by atoms with E-state index in [1.165, 1.54) is 6.92 Å². The largest absolute Gasteiger partial charge is 0.425 e. The maximum atomic E-state index is 14.4. The highest BCUT2D eigenvalue weighted by molar-refractivity contribution is 6.12. The van der Waals surface area contributed by atoms with Gasteiger partial charge < -0.3 is 15.0 Å². The first-order valence-corrected chi connectivity index (χ1v) is 11.1. The van der Waals surface area contributed by atoms with E-state index in [9.17, 15) is 27.6 Å². The molecule has 9 heteroatoms. The lowest BCUT2D eigenvalue weighted by Gasteiger charge is -2.33. The fourth-order valence-electron chi connectivity index (χ4n) is 5.13. The summed E-state index contributed by atoms with van der Waals surface area (Å²) in [4.78, 5) is 39.1. The number of hydrogen-bond donors (Lipinski definition) is 1. The van der Waals surface area contributed by atoms with Gasteiger partial charge in [-0.1, -0.05) is 32.1 Å². The van der Waals surface area contributed by atoms with Crippen LogP contribution in [0.4, 0.5) is 13.2 Å². The SMILES string of the molecule is CC(=O)C1=C(C)N(C[C@H]2CCCO2)C(=O)[C@@]1(NC(=O)CCC1CCCCC1)C(F)(F)F. The Morgan fingerprint density at radius 2 is 1.84 bits per heavy atom. The molecule has 1 N–H and O–H groups in total. The minimum absolute atomic E-state index is 0.0714. The molecule has 1 aliphatic carbocycles. The van der Waals surface area contributed by atoms with Crippen LogP contribution < -0.4 is 5.32 Å². The third kappa shape index (κ3) is 4.66. The van der Waals surface area contributed by atoms with Crippen molar-refractivity contribution in [3.63, 3.8) is 0 Å². The summed E-state index contributed by atoms with van der Waals surface area (Å²) in [6.45, 7) is 2.73. The quantitative estimate of drug-likeness (QED) is 0.651. The van der Waals surface area contributed by atoms with E-state index in [2.05, 4.69) is 0 Å². The fraction of sp³-hybridized carbons (Fsp3) is 0.773. The number of allylic oxidation sites excluding steroid dienone is 1. The molecule has 0 aromatic rings. The maximum Gasteiger partial charge on any atom is 0.425 e. The summed E-state index contributed by atoms with van der Waals surface area (Å²) in [6, 6.07) is 0. The first kappa shape index (κ1) is 23.8. The van der Waals surface area contributed by atoms with Crippen molar-refractivity contribution in [2.75, 3.05) is 13.2 Å². The molecular weight excluding hydrogens is 413 g/mol. The van der Waals surface area contributed by atoms with Gasteiger partial charge in [0.15, 0.2) is 5.78 Å². The van der Waals surface area contributed by atoms with E-state index in [0.29, 0.717) is 25.4 Å². The normalized spacial score (nSPS) is 27.8. The number of amides is 2. The van der Waals surface area contributed by atoms with E-state index in [4.69, 9.17) is 4.74 Å². The van der Waals surface area contributed by atoms with Crippen LogP contribution in [0.15, 0.2) is 11.3 Å². The Bertz CT molecular complexity index is 752. The van der Waals surface area contributed by atoms with Gasteiger partial charge in [-0.25, -0.2) is 0 Å².